The Labute approximate surface area is 128 Å². The largest absolute Gasteiger partial charge is 0.486 e. The maximum absolute atomic E-state index is 5.82. The number of nitrogens with one attached hydrogen (secondary N) is 1. The predicted octanol–water partition coefficient (Wildman–Crippen LogP) is 4.43. The van der Waals surface area contributed by atoms with Gasteiger partial charge >= 0.3 is 0 Å². The summed E-state index contributed by atoms with van der Waals surface area (Å²) in [6, 6.07) is 10.3. The molecular weight excluding hydrogens is 318 g/mol. The van der Waals surface area contributed by atoms with Crippen LogP contribution in [0.2, 0.25) is 0 Å². The second-order valence-electron chi connectivity index (χ2n) is 5.10. The second kappa shape index (κ2) is 6.95. The number of rotatable bonds is 6. The van der Waals surface area contributed by atoms with E-state index in [1.165, 1.54) is 0 Å². The zero-order valence-electron chi connectivity index (χ0n) is 12.1. The highest BCUT2D eigenvalue weighted by molar-refractivity contribution is 9.10. The van der Waals surface area contributed by atoms with Crippen LogP contribution in [0.3, 0.4) is 0 Å². The Hall–Kier alpha value is -1.26. The van der Waals surface area contributed by atoms with Gasteiger partial charge < -0.3 is 14.5 Å². The summed E-state index contributed by atoms with van der Waals surface area (Å²) < 4.78 is 12.5. The Kier molecular flexibility index (Phi) is 5.26. The first-order valence-electron chi connectivity index (χ1n) is 6.74. The van der Waals surface area contributed by atoms with E-state index >= 15 is 0 Å². The van der Waals surface area contributed by atoms with E-state index in [4.69, 9.17) is 9.15 Å². The molecule has 0 aliphatic heterocycles. The van der Waals surface area contributed by atoms with Crippen molar-refractivity contribution >= 4 is 15.9 Å². The summed E-state index contributed by atoms with van der Waals surface area (Å²) in [5.74, 6) is 2.66. The topological polar surface area (TPSA) is 34.4 Å². The Bertz CT molecular complexity index is 563. The van der Waals surface area contributed by atoms with Crippen molar-refractivity contribution in [2.75, 3.05) is 0 Å². The third-order valence-electron chi connectivity index (χ3n) is 2.92. The summed E-state index contributed by atoms with van der Waals surface area (Å²) in [4.78, 5) is 0. The Morgan fingerprint density at radius 2 is 2.10 bits per heavy atom. The van der Waals surface area contributed by atoms with Crippen molar-refractivity contribution in [3.63, 3.8) is 0 Å². The van der Waals surface area contributed by atoms with Crippen molar-refractivity contribution in [3.8, 4) is 5.75 Å². The third-order valence-corrected chi connectivity index (χ3v) is 3.41. The van der Waals surface area contributed by atoms with Crippen LogP contribution in [0.4, 0.5) is 0 Å². The van der Waals surface area contributed by atoms with E-state index in [0.717, 1.165) is 33.9 Å². The second-order valence-corrected chi connectivity index (χ2v) is 6.02. The normalized spacial score (nSPS) is 11.1. The smallest absolute Gasteiger partial charge is 0.146 e. The van der Waals surface area contributed by atoms with E-state index in [0.29, 0.717) is 12.6 Å². The zero-order valence-corrected chi connectivity index (χ0v) is 13.7. The number of halogens is 1. The Balaban J connectivity index is 1.95. The summed E-state index contributed by atoms with van der Waals surface area (Å²) in [5.41, 5.74) is 1.16. The molecule has 0 saturated heterocycles. The molecule has 1 N–H and O–H groups in total. The fourth-order valence-electron chi connectivity index (χ4n) is 1.84. The molecule has 0 saturated carbocycles. The van der Waals surface area contributed by atoms with Gasteiger partial charge in [-0.1, -0.05) is 35.8 Å². The van der Waals surface area contributed by atoms with E-state index in [1.807, 2.05) is 30.3 Å². The first-order valence-corrected chi connectivity index (χ1v) is 7.54. The van der Waals surface area contributed by atoms with Gasteiger partial charge in [0, 0.05) is 10.5 Å². The van der Waals surface area contributed by atoms with E-state index < -0.39 is 0 Å². The quantitative estimate of drug-likeness (QED) is 0.846. The van der Waals surface area contributed by atoms with Gasteiger partial charge in [-0.3, -0.25) is 0 Å². The first kappa shape index (κ1) is 15.1. The summed E-state index contributed by atoms with van der Waals surface area (Å²) in [5, 5.41) is 3.36. The minimum Gasteiger partial charge on any atom is -0.486 e. The standard InChI is InChI=1S/C16H20BrNO2/c1-11(2)18-9-16-12(3)7-15(20-16)10-19-14-6-4-5-13(17)8-14/h4-8,11,18H,9-10H2,1-3H3. The molecule has 1 aromatic carbocycles. The molecule has 1 aromatic heterocycles. The zero-order chi connectivity index (χ0) is 14.5. The van der Waals surface area contributed by atoms with Crippen LogP contribution in [0.15, 0.2) is 39.2 Å². The minimum absolute atomic E-state index is 0.443. The van der Waals surface area contributed by atoms with Crippen LogP contribution in [-0.2, 0) is 13.2 Å². The van der Waals surface area contributed by atoms with Gasteiger partial charge in [-0.15, -0.1) is 0 Å². The van der Waals surface area contributed by atoms with Crippen LogP contribution < -0.4 is 10.1 Å². The van der Waals surface area contributed by atoms with Crippen molar-refractivity contribution in [2.24, 2.45) is 0 Å². The van der Waals surface area contributed by atoms with Crippen molar-refractivity contribution in [1.82, 2.24) is 5.32 Å². The number of benzene rings is 1. The molecule has 2 aromatic rings. The molecule has 0 unspecified atom stereocenters. The molecule has 0 aliphatic carbocycles. The first-order chi connectivity index (χ1) is 9.54. The molecule has 108 valence electrons. The fraction of sp³-hybridized carbons (Fsp3) is 0.375. The predicted molar refractivity (Wildman–Crippen MR) is 83.9 cm³/mol. The monoisotopic (exact) mass is 337 g/mol. The highest BCUT2D eigenvalue weighted by atomic mass is 79.9. The molecule has 0 radical (unpaired) electrons. The molecular formula is C16H20BrNO2. The van der Waals surface area contributed by atoms with Crippen LogP contribution in [-0.4, -0.2) is 6.04 Å². The van der Waals surface area contributed by atoms with E-state index in [1.54, 1.807) is 0 Å². The maximum Gasteiger partial charge on any atom is 0.146 e. The summed E-state index contributed by atoms with van der Waals surface area (Å²) >= 11 is 3.43. The molecule has 0 atom stereocenters. The summed E-state index contributed by atoms with van der Waals surface area (Å²) in [7, 11) is 0. The van der Waals surface area contributed by atoms with Gasteiger partial charge in [-0.2, -0.15) is 0 Å². The molecule has 0 aliphatic rings. The lowest BCUT2D eigenvalue weighted by Crippen LogP contribution is -2.21. The molecule has 0 spiro atoms. The third kappa shape index (κ3) is 4.39. The van der Waals surface area contributed by atoms with Gasteiger partial charge in [0.2, 0.25) is 0 Å². The highest BCUT2D eigenvalue weighted by Crippen LogP contribution is 2.20. The molecule has 1 heterocycles. The lowest BCUT2D eigenvalue weighted by molar-refractivity contribution is 0.264. The number of hydrogen-bond acceptors (Lipinski definition) is 3. The number of furan rings is 1. The van der Waals surface area contributed by atoms with E-state index in [-0.39, 0.29) is 0 Å². The molecule has 3 nitrogen and oxygen atoms in total. The van der Waals surface area contributed by atoms with Gasteiger partial charge in [0.15, 0.2) is 0 Å². The van der Waals surface area contributed by atoms with Gasteiger partial charge in [-0.25, -0.2) is 0 Å². The summed E-state index contributed by atoms with van der Waals surface area (Å²) in [6.45, 7) is 7.49. The maximum atomic E-state index is 5.82. The number of aryl methyl sites for hydroxylation is 1. The van der Waals surface area contributed by atoms with Crippen LogP contribution >= 0.6 is 15.9 Å². The van der Waals surface area contributed by atoms with Crippen LogP contribution in [0.25, 0.3) is 0 Å². The molecule has 0 amide bonds. The van der Waals surface area contributed by atoms with Crippen molar-refractivity contribution in [1.29, 1.82) is 0 Å². The SMILES string of the molecule is Cc1cc(COc2cccc(Br)c2)oc1CNC(C)C. The van der Waals surface area contributed by atoms with Crippen molar-refractivity contribution < 1.29 is 9.15 Å². The van der Waals surface area contributed by atoms with Crippen LogP contribution in [0.1, 0.15) is 30.9 Å². The van der Waals surface area contributed by atoms with Gasteiger partial charge in [0.25, 0.3) is 0 Å². The molecule has 2 rings (SSSR count). The Morgan fingerprint density at radius 1 is 1.30 bits per heavy atom. The lowest BCUT2D eigenvalue weighted by atomic mass is 10.2. The molecule has 20 heavy (non-hydrogen) atoms. The molecule has 0 fully saturated rings. The van der Waals surface area contributed by atoms with E-state index in [2.05, 4.69) is 42.0 Å². The fourth-order valence-corrected chi connectivity index (χ4v) is 2.22. The van der Waals surface area contributed by atoms with Gasteiger partial charge in [0.05, 0.1) is 6.54 Å². The highest BCUT2D eigenvalue weighted by Gasteiger charge is 2.08. The van der Waals surface area contributed by atoms with Crippen molar-refractivity contribution in [3.05, 3.63) is 51.9 Å². The van der Waals surface area contributed by atoms with E-state index in [9.17, 15) is 0 Å². The van der Waals surface area contributed by atoms with Crippen LogP contribution in [0.5, 0.6) is 5.75 Å². The molecule has 0 bridgehead atoms. The number of ether oxygens (including phenoxy) is 1. The van der Waals surface area contributed by atoms with Gasteiger partial charge in [0.1, 0.15) is 23.9 Å². The average Bonchev–Trinajstić information content (AvgIpc) is 2.75. The van der Waals surface area contributed by atoms with Crippen molar-refractivity contribution in [2.45, 2.75) is 40.0 Å². The molecule has 4 heteroatoms. The van der Waals surface area contributed by atoms with Gasteiger partial charge in [-0.05, 0) is 36.8 Å². The number of hydrogen-bond donors (Lipinski definition) is 1. The van der Waals surface area contributed by atoms with Crippen LogP contribution in [0, 0.1) is 6.92 Å². The Morgan fingerprint density at radius 3 is 2.80 bits per heavy atom. The minimum atomic E-state index is 0.443. The average molecular weight is 338 g/mol. The summed E-state index contributed by atoms with van der Waals surface area (Å²) in [6.07, 6.45) is 0. The lowest BCUT2D eigenvalue weighted by Gasteiger charge is -2.06.